The Morgan fingerprint density at radius 2 is 1.88 bits per heavy atom. The Bertz CT molecular complexity index is 823. The van der Waals surface area contributed by atoms with E-state index >= 15 is 0 Å². The standard InChI is InChI=1S/C18H19NO4S/c1-5-10-6-7-11(19-10)8-14-15(20)12-9-13(21-2)16(22-3)17(23-4)18(12)24-14/h6-9,19H,5H2,1-4H3/b14-8-. The van der Waals surface area contributed by atoms with E-state index in [-0.39, 0.29) is 5.78 Å². The molecule has 1 aliphatic rings. The van der Waals surface area contributed by atoms with E-state index in [0.717, 1.165) is 22.7 Å². The number of rotatable bonds is 5. The SMILES string of the molecule is CCc1ccc(/C=C2\Sc3c(cc(OC)c(OC)c3OC)C2=O)[nH]1. The summed E-state index contributed by atoms with van der Waals surface area (Å²) < 4.78 is 16.2. The number of aryl methyl sites for hydroxylation is 1. The predicted molar refractivity (Wildman–Crippen MR) is 94.4 cm³/mol. The van der Waals surface area contributed by atoms with E-state index < -0.39 is 0 Å². The number of methoxy groups -OCH3 is 3. The second-order valence-electron chi connectivity index (χ2n) is 5.25. The molecular weight excluding hydrogens is 326 g/mol. The summed E-state index contributed by atoms with van der Waals surface area (Å²) in [7, 11) is 4.65. The Labute approximate surface area is 145 Å². The second kappa shape index (κ2) is 6.65. The lowest BCUT2D eigenvalue weighted by atomic mass is 10.1. The molecule has 0 saturated carbocycles. The molecule has 0 aliphatic carbocycles. The minimum Gasteiger partial charge on any atom is -0.493 e. The summed E-state index contributed by atoms with van der Waals surface area (Å²) in [5.41, 5.74) is 2.62. The maximum absolute atomic E-state index is 12.8. The zero-order valence-corrected chi connectivity index (χ0v) is 14.9. The van der Waals surface area contributed by atoms with E-state index in [9.17, 15) is 4.79 Å². The maximum Gasteiger partial charge on any atom is 0.204 e. The van der Waals surface area contributed by atoms with Gasteiger partial charge in [-0.1, -0.05) is 18.7 Å². The normalized spacial score (nSPS) is 14.8. The molecule has 2 heterocycles. The molecule has 0 unspecified atom stereocenters. The zero-order chi connectivity index (χ0) is 17.3. The van der Waals surface area contributed by atoms with E-state index in [1.807, 2.05) is 18.2 Å². The van der Waals surface area contributed by atoms with Gasteiger partial charge in [-0.3, -0.25) is 4.79 Å². The quantitative estimate of drug-likeness (QED) is 0.832. The number of thioether (sulfide) groups is 1. The Kier molecular flexibility index (Phi) is 4.57. The molecule has 0 saturated heterocycles. The van der Waals surface area contributed by atoms with Crippen LogP contribution in [0, 0.1) is 0 Å². The summed E-state index contributed by atoms with van der Waals surface area (Å²) in [5, 5.41) is 0. The van der Waals surface area contributed by atoms with Gasteiger partial charge >= 0.3 is 0 Å². The van der Waals surface area contributed by atoms with Crippen LogP contribution < -0.4 is 14.2 Å². The van der Waals surface area contributed by atoms with Crippen LogP contribution in [0.3, 0.4) is 0 Å². The zero-order valence-electron chi connectivity index (χ0n) is 14.1. The Hall–Kier alpha value is -2.34. The van der Waals surface area contributed by atoms with Crippen molar-refractivity contribution >= 4 is 23.6 Å². The van der Waals surface area contributed by atoms with Crippen molar-refractivity contribution in [1.82, 2.24) is 4.98 Å². The summed E-state index contributed by atoms with van der Waals surface area (Å²) in [6, 6.07) is 5.70. The van der Waals surface area contributed by atoms with Gasteiger partial charge in [0.05, 0.1) is 31.1 Å². The van der Waals surface area contributed by atoms with E-state index in [0.29, 0.717) is 27.7 Å². The number of ether oxygens (including phenoxy) is 3. The van der Waals surface area contributed by atoms with Crippen LogP contribution in [-0.4, -0.2) is 32.1 Å². The highest BCUT2D eigenvalue weighted by Gasteiger charge is 2.33. The second-order valence-corrected chi connectivity index (χ2v) is 6.31. The number of allylic oxidation sites excluding steroid dienone is 1. The van der Waals surface area contributed by atoms with Crippen LogP contribution in [0.25, 0.3) is 6.08 Å². The van der Waals surface area contributed by atoms with Crippen LogP contribution >= 0.6 is 11.8 Å². The number of hydrogen-bond donors (Lipinski definition) is 1. The van der Waals surface area contributed by atoms with Crippen LogP contribution in [-0.2, 0) is 6.42 Å². The highest BCUT2D eigenvalue weighted by atomic mass is 32.2. The van der Waals surface area contributed by atoms with E-state index in [2.05, 4.69) is 11.9 Å². The number of H-pyrrole nitrogens is 1. The van der Waals surface area contributed by atoms with Crippen LogP contribution in [0.1, 0.15) is 28.7 Å². The predicted octanol–water partition coefficient (Wildman–Crippen LogP) is 3.93. The molecule has 5 nitrogen and oxygen atoms in total. The average Bonchev–Trinajstić information content (AvgIpc) is 3.18. The molecule has 0 atom stereocenters. The first-order valence-corrected chi connectivity index (χ1v) is 8.39. The molecule has 2 aromatic rings. The number of nitrogens with one attached hydrogen (secondary N) is 1. The molecule has 0 bridgehead atoms. The minimum absolute atomic E-state index is 0.0399. The van der Waals surface area contributed by atoms with Crippen molar-refractivity contribution < 1.29 is 19.0 Å². The van der Waals surface area contributed by atoms with Gasteiger partial charge in [-0.25, -0.2) is 0 Å². The highest BCUT2D eigenvalue weighted by molar-refractivity contribution is 8.05. The summed E-state index contributed by atoms with van der Waals surface area (Å²) in [6.45, 7) is 2.08. The summed E-state index contributed by atoms with van der Waals surface area (Å²) in [4.78, 5) is 17.4. The molecular formula is C18H19NO4S. The molecule has 24 heavy (non-hydrogen) atoms. The fourth-order valence-electron chi connectivity index (χ4n) is 2.67. The Morgan fingerprint density at radius 3 is 2.46 bits per heavy atom. The van der Waals surface area contributed by atoms with Gasteiger partial charge in [0.15, 0.2) is 11.5 Å². The number of fused-ring (bicyclic) bond motifs is 1. The van der Waals surface area contributed by atoms with Crippen molar-refractivity contribution in [3.05, 3.63) is 40.1 Å². The molecule has 0 radical (unpaired) electrons. The maximum atomic E-state index is 12.8. The van der Waals surface area contributed by atoms with E-state index in [4.69, 9.17) is 14.2 Å². The lowest BCUT2D eigenvalue weighted by Crippen LogP contribution is -2.00. The van der Waals surface area contributed by atoms with Gasteiger partial charge in [-0.2, -0.15) is 0 Å². The van der Waals surface area contributed by atoms with E-state index in [1.54, 1.807) is 20.3 Å². The topological polar surface area (TPSA) is 60.6 Å². The lowest BCUT2D eigenvalue weighted by Gasteiger charge is -2.14. The smallest absolute Gasteiger partial charge is 0.204 e. The molecule has 1 aliphatic heterocycles. The van der Waals surface area contributed by atoms with Crippen LogP contribution in [0.4, 0.5) is 0 Å². The van der Waals surface area contributed by atoms with Crippen LogP contribution in [0.2, 0.25) is 0 Å². The Morgan fingerprint density at radius 1 is 1.12 bits per heavy atom. The van der Waals surface area contributed by atoms with Gasteiger partial charge < -0.3 is 19.2 Å². The third-order valence-corrected chi connectivity index (χ3v) is 5.03. The van der Waals surface area contributed by atoms with Crippen molar-refractivity contribution in [2.45, 2.75) is 18.2 Å². The molecule has 1 aromatic carbocycles. The van der Waals surface area contributed by atoms with Crippen molar-refractivity contribution in [3.8, 4) is 17.2 Å². The fourth-order valence-corrected chi connectivity index (χ4v) is 3.81. The number of hydrogen-bond acceptors (Lipinski definition) is 5. The third-order valence-electron chi connectivity index (χ3n) is 3.90. The van der Waals surface area contributed by atoms with Crippen LogP contribution in [0.15, 0.2) is 28.0 Å². The molecule has 1 N–H and O–H groups in total. The molecule has 6 heteroatoms. The number of aromatic nitrogens is 1. The molecule has 0 fully saturated rings. The fraction of sp³-hybridized carbons (Fsp3) is 0.278. The Balaban J connectivity index is 2.06. The van der Waals surface area contributed by atoms with Crippen LogP contribution in [0.5, 0.6) is 17.2 Å². The molecule has 0 spiro atoms. The van der Waals surface area contributed by atoms with Gasteiger partial charge in [0.25, 0.3) is 0 Å². The van der Waals surface area contributed by atoms with Crippen molar-refractivity contribution in [3.63, 3.8) is 0 Å². The largest absolute Gasteiger partial charge is 0.493 e. The van der Waals surface area contributed by atoms with E-state index in [1.165, 1.54) is 18.9 Å². The highest BCUT2D eigenvalue weighted by Crippen LogP contribution is 2.53. The van der Waals surface area contributed by atoms with Crippen molar-refractivity contribution in [2.75, 3.05) is 21.3 Å². The number of carbonyl (C=O) groups excluding carboxylic acids is 1. The monoisotopic (exact) mass is 345 g/mol. The number of Topliss-reactive ketones (excluding diaryl/α,β-unsaturated/α-hetero) is 1. The van der Waals surface area contributed by atoms with Gasteiger partial charge in [0.2, 0.25) is 11.5 Å². The number of carbonyl (C=O) groups is 1. The average molecular weight is 345 g/mol. The number of aromatic amines is 1. The molecule has 0 amide bonds. The third kappa shape index (κ3) is 2.67. The van der Waals surface area contributed by atoms with Gasteiger partial charge in [-0.05, 0) is 30.7 Å². The first-order valence-electron chi connectivity index (χ1n) is 7.58. The van der Waals surface area contributed by atoms with Crippen molar-refractivity contribution in [2.24, 2.45) is 0 Å². The van der Waals surface area contributed by atoms with Gasteiger partial charge in [0.1, 0.15) is 0 Å². The summed E-state index contributed by atoms with van der Waals surface area (Å²) in [6.07, 6.45) is 2.79. The first-order chi connectivity index (χ1) is 11.6. The minimum atomic E-state index is -0.0399. The molecule has 126 valence electrons. The first kappa shape index (κ1) is 16.5. The summed E-state index contributed by atoms with van der Waals surface area (Å²) in [5.74, 6) is 1.46. The lowest BCUT2D eigenvalue weighted by molar-refractivity contribution is 0.104. The van der Waals surface area contributed by atoms with Gasteiger partial charge in [-0.15, -0.1) is 0 Å². The number of ketones is 1. The molecule has 1 aromatic heterocycles. The van der Waals surface area contributed by atoms with Crippen molar-refractivity contribution in [1.29, 1.82) is 0 Å². The molecule has 3 rings (SSSR count). The van der Waals surface area contributed by atoms with Gasteiger partial charge in [0, 0.05) is 17.0 Å². The summed E-state index contributed by atoms with van der Waals surface area (Å²) >= 11 is 1.39. The number of benzene rings is 1.